The van der Waals surface area contributed by atoms with Gasteiger partial charge >= 0.3 is 0 Å². The lowest BCUT2D eigenvalue weighted by molar-refractivity contribution is -0.126. The lowest BCUT2D eigenvalue weighted by Gasteiger charge is -2.35. The highest BCUT2D eigenvalue weighted by molar-refractivity contribution is 5.81. The zero-order valence-electron chi connectivity index (χ0n) is 11.7. The number of carbonyl (C=O) groups excluding carboxylic acids is 1. The minimum Gasteiger partial charge on any atom is -0.467 e. The van der Waals surface area contributed by atoms with Crippen molar-refractivity contribution in [2.24, 2.45) is 0 Å². The van der Waals surface area contributed by atoms with E-state index in [0.29, 0.717) is 12.6 Å². The maximum atomic E-state index is 12.1. The molecule has 1 saturated heterocycles. The molecule has 1 aromatic rings. The van der Waals surface area contributed by atoms with E-state index in [0.717, 1.165) is 25.3 Å². The average Bonchev–Trinajstić information content (AvgIpc) is 2.97. The highest BCUT2D eigenvalue weighted by Gasteiger charge is 2.26. The van der Waals surface area contributed by atoms with Crippen LogP contribution in [0, 0.1) is 0 Å². The van der Waals surface area contributed by atoms with Crippen molar-refractivity contribution in [2.75, 3.05) is 20.1 Å². The topological polar surface area (TPSA) is 57.5 Å². The average molecular weight is 265 g/mol. The number of nitrogens with zero attached hydrogens (tertiary/aromatic N) is 1. The molecule has 2 rings (SSSR count). The van der Waals surface area contributed by atoms with Crippen molar-refractivity contribution in [1.82, 2.24) is 15.5 Å². The van der Waals surface area contributed by atoms with Crippen molar-refractivity contribution in [1.29, 1.82) is 0 Å². The fourth-order valence-electron chi connectivity index (χ4n) is 2.49. The summed E-state index contributed by atoms with van der Waals surface area (Å²) in [6, 6.07) is 4.09. The van der Waals surface area contributed by atoms with Crippen LogP contribution in [0.2, 0.25) is 0 Å². The van der Waals surface area contributed by atoms with E-state index in [1.165, 1.54) is 6.42 Å². The monoisotopic (exact) mass is 265 g/mol. The molecular formula is C14H23N3O2. The van der Waals surface area contributed by atoms with Crippen LogP contribution >= 0.6 is 0 Å². The first kappa shape index (κ1) is 14.1. The van der Waals surface area contributed by atoms with Crippen LogP contribution < -0.4 is 10.6 Å². The normalized spacial score (nSPS) is 22.1. The Morgan fingerprint density at radius 1 is 1.63 bits per heavy atom. The van der Waals surface area contributed by atoms with Gasteiger partial charge in [0, 0.05) is 12.6 Å². The van der Waals surface area contributed by atoms with Gasteiger partial charge in [0.05, 0.1) is 18.8 Å². The Hall–Kier alpha value is -1.33. The molecular weight excluding hydrogens is 242 g/mol. The summed E-state index contributed by atoms with van der Waals surface area (Å²) in [5.41, 5.74) is 0. The van der Waals surface area contributed by atoms with Crippen LogP contribution in [0.3, 0.4) is 0 Å². The van der Waals surface area contributed by atoms with Crippen LogP contribution in [-0.4, -0.2) is 43.0 Å². The summed E-state index contributed by atoms with van der Waals surface area (Å²) in [5.74, 6) is 0.848. The van der Waals surface area contributed by atoms with Crippen LogP contribution in [-0.2, 0) is 11.3 Å². The molecule has 0 aromatic carbocycles. The summed E-state index contributed by atoms with van der Waals surface area (Å²) < 4.78 is 5.21. The maximum absolute atomic E-state index is 12.1. The number of likely N-dealkylation sites (N-methyl/N-ethyl adjacent to an activating group) is 1. The second kappa shape index (κ2) is 6.73. The molecule has 2 heterocycles. The van der Waals surface area contributed by atoms with Crippen molar-refractivity contribution in [3.05, 3.63) is 24.2 Å². The fraction of sp³-hybridized carbons (Fsp3) is 0.643. The Morgan fingerprint density at radius 2 is 2.47 bits per heavy atom. The molecule has 0 radical (unpaired) electrons. The molecule has 5 nitrogen and oxygen atoms in total. The molecule has 1 aliphatic rings. The standard InChI is InChI=1S/C14H23N3O2/c1-11(17-7-3-5-12(10-17)15-2)14(18)16-9-13-6-4-8-19-13/h4,6,8,11-12,15H,3,5,7,9-10H2,1-2H3,(H,16,18). The molecule has 2 unspecified atom stereocenters. The van der Waals surface area contributed by atoms with Gasteiger partial charge in [0.2, 0.25) is 5.91 Å². The van der Waals surface area contributed by atoms with Crippen LogP contribution in [0.15, 0.2) is 22.8 Å². The summed E-state index contributed by atoms with van der Waals surface area (Å²) >= 11 is 0. The van der Waals surface area contributed by atoms with Gasteiger partial charge in [-0.2, -0.15) is 0 Å². The van der Waals surface area contributed by atoms with E-state index in [9.17, 15) is 4.79 Å². The molecule has 1 amide bonds. The molecule has 0 bridgehead atoms. The number of nitrogens with one attached hydrogen (secondary N) is 2. The molecule has 2 atom stereocenters. The molecule has 106 valence electrons. The van der Waals surface area contributed by atoms with Gasteiger partial charge in [-0.05, 0) is 45.5 Å². The van der Waals surface area contributed by atoms with Gasteiger partial charge in [-0.15, -0.1) is 0 Å². The predicted octanol–water partition coefficient (Wildman–Crippen LogP) is 0.968. The highest BCUT2D eigenvalue weighted by atomic mass is 16.3. The number of carbonyl (C=O) groups is 1. The first-order chi connectivity index (χ1) is 9.20. The molecule has 0 aliphatic carbocycles. The summed E-state index contributed by atoms with van der Waals surface area (Å²) in [7, 11) is 1.98. The van der Waals surface area contributed by atoms with Gasteiger partial charge < -0.3 is 15.1 Å². The smallest absolute Gasteiger partial charge is 0.237 e. The van der Waals surface area contributed by atoms with E-state index < -0.39 is 0 Å². The zero-order chi connectivity index (χ0) is 13.7. The summed E-state index contributed by atoms with van der Waals surface area (Å²) in [6.45, 7) is 4.36. The number of rotatable bonds is 5. The molecule has 19 heavy (non-hydrogen) atoms. The largest absolute Gasteiger partial charge is 0.467 e. The Balaban J connectivity index is 1.81. The van der Waals surface area contributed by atoms with E-state index in [-0.39, 0.29) is 11.9 Å². The van der Waals surface area contributed by atoms with Gasteiger partial charge in [-0.3, -0.25) is 9.69 Å². The van der Waals surface area contributed by atoms with Gasteiger partial charge in [0.25, 0.3) is 0 Å². The second-order valence-electron chi connectivity index (χ2n) is 5.10. The van der Waals surface area contributed by atoms with Crippen molar-refractivity contribution < 1.29 is 9.21 Å². The number of hydrogen-bond donors (Lipinski definition) is 2. The second-order valence-corrected chi connectivity index (χ2v) is 5.10. The Bertz CT molecular complexity index is 391. The SMILES string of the molecule is CNC1CCCN(C(C)C(=O)NCc2ccco2)C1. The molecule has 2 N–H and O–H groups in total. The van der Waals surface area contributed by atoms with Crippen LogP contribution in [0.1, 0.15) is 25.5 Å². The lowest BCUT2D eigenvalue weighted by Crippen LogP contribution is -2.52. The highest BCUT2D eigenvalue weighted by Crippen LogP contribution is 2.13. The summed E-state index contributed by atoms with van der Waals surface area (Å²) in [4.78, 5) is 14.4. The van der Waals surface area contributed by atoms with Crippen LogP contribution in [0.5, 0.6) is 0 Å². The minimum absolute atomic E-state index is 0.0631. The van der Waals surface area contributed by atoms with Gasteiger partial charge in [-0.25, -0.2) is 0 Å². The van der Waals surface area contributed by atoms with Crippen molar-refractivity contribution >= 4 is 5.91 Å². The van der Waals surface area contributed by atoms with Gasteiger partial charge in [0.15, 0.2) is 0 Å². The first-order valence-electron chi connectivity index (χ1n) is 6.92. The number of hydrogen-bond acceptors (Lipinski definition) is 4. The number of furan rings is 1. The molecule has 0 spiro atoms. The van der Waals surface area contributed by atoms with Crippen molar-refractivity contribution in [3.8, 4) is 0 Å². The minimum atomic E-state index is -0.0916. The fourth-order valence-corrected chi connectivity index (χ4v) is 2.49. The van der Waals surface area contributed by atoms with Crippen LogP contribution in [0.25, 0.3) is 0 Å². The zero-order valence-corrected chi connectivity index (χ0v) is 11.7. The number of likely N-dealkylation sites (tertiary alicyclic amines) is 1. The van der Waals surface area contributed by atoms with E-state index in [1.54, 1.807) is 6.26 Å². The summed E-state index contributed by atoms with van der Waals surface area (Å²) in [6.07, 6.45) is 3.95. The Kier molecular flexibility index (Phi) is 4.99. The van der Waals surface area contributed by atoms with Crippen molar-refractivity contribution in [2.45, 2.75) is 38.4 Å². The van der Waals surface area contributed by atoms with Gasteiger partial charge in [-0.1, -0.05) is 0 Å². The van der Waals surface area contributed by atoms with E-state index in [4.69, 9.17) is 4.42 Å². The van der Waals surface area contributed by atoms with E-state index in [2.05, 4.69) is 15.5 Å². The van der Waals surface area contributed by atoms with E-state index >= 15 is 0 Å². The molecule has 1 fully saturated rings. The van der Waals surface area contributed by atoms with E-state index in [1.807, 2.05) is 26.1 Å². The first-order valence-corrected chi connectivity index (χ1v) is 6.92. The predicted molar refractivity (Wildman–Crippen MR) is 73.7 cm³/mol. The lowest BCUT2D eigenvalue weighted by atomic mass is 10.0. The summed E-state index contributed by atoms with van der Waals surface area (Å²) in [5, 5.41) is 6.21. The molecule has 1 aromatic heterocycles. The third-order valence-corrected chi connectivity index (χ3v) is 3.81. The third-order valence-electron chi connectivity index (χ3n) is 3.81. The molecule has 5 heteroatoms. The Morgan fingerprint density at radius 3 is 3.16 bits per heavy atom. The van der Waals surface area contributed by atoms with Crippen LogP contribution in [0.4, 0.5) is 0 Å². The third kappa shape index (κ3) is 3.81. The quantitative estimate of drug-likeness (QED) is 0.833. The molecule has 0 saturated carbocycles. The Labute approximate surface area is 114 Å². The van der Waals surface area contributed by atoms with Gasteiger partial charge in [0.1, 0.15) is 5.76 Å². The number of piperidine rings is 1. The molecule has 1 aliphatic heterocycles. The maximum Gasteiger partial charge on any atom is 0.237 e. The number of amides is 1. The van der Waals surface area contributed by atoms with Crippen molar-refractivity contribution in [3.63, 3.8) is 0 Å².